The molecule has 4 aromatic rings. The van der Waals surface area contributed by atoms with Crippen LogP contribution in [0.4, 0.5) is 10.1 Å². The molecule has 0 radical (unpaired) electrons. The topological polar surface area (TPSA) is 70.4 Å². The smallest absolute Gasteiger partial charge is 0.226 e. The van der Waals surface area contributed by atoms with E-state index < -0.39 is 0 Å². The number of hydrogen-bond donors (Lipinski definition) is 2. The van der Waals surface area contributed by atoms with Crippen LogP contribution in [0.25, 0.3) is 11.3 Å². The molecule has 1 saturated heterocycles. The maximum Gasteiger partial charge on any atom is 0.226 e. The molecule has 188 valence electrons. The van der Waals surface area contributed by atoms with Gasteiger partial charge in [0.05, 0.1) is 11.7 Å². The first kappa shape index (κ1) is 24.9. The minimum Gasteiger partial charge on any atom is -0.459 e. The van der Waals surface area contributed by atoms with Gasteiger partial charge in [-0.15, -0.1) is 0 Å². The van der Waals surface area contributed by atoms with Crippen LogP contribution < -0.4 is 10.6 Å². The molecule has 0 saturated carbocycles. The molecule has 2 atom stereocenters. The van der Waals surface area contributed by atoms with Crippen LogP contribution in [0.5, 0.6) is 0 Å². The van der Waals surface area contributed by atoms with E-state index >= 15 is 0 Å². The molecule has 0 bridgehead atoms. The number of hydrogen-bond acceptors (Lipinski definition) is 4. The lowest BCUT2D eigenvalue weighted by Gasteiger charge is -2.25. The summed E-state index contributed by atoms with van der Waals surface area (Å²) in [7, 11) is 0. The Morgan fingerprint density at radius 2 is 1.95 bits per heavy atom. The monoisotopic (exact) mass is 534 g/mol. The van der Waals surface area contributed by atoms with Crippen molar-refractivity contribution in [2.75, 3.05) is 11.9 Å². The number of carbonyl (C=O) groups excluding carboxylic acids is 1. The lowest BCUT2D eigenvalue weighted by molar-refractivity contribution is -0.116. The summed E-state index contributed by atoms with van der Waals surface area (Å²) >= 11 is 12.0. The number of nitrogens with zero attached hydrogens (tertiary/aromatic N) is 2. The molecule has 0 unspecified atom stereocenters. The minimum atomic E-state index is -0.360. The van der Waals surface area contributed by atoms with Gasteiger partial charge in [-0.3, -0.25) is 9.78 Å². The van der Waals surface area contributed by atoms with E-state index in [1.807, 2.05) is 60.4 Å². The van der Waals surface area contributed by atoms with Gasteiger partial charge in [-0.05, 0) is 79.3 Å². The van der Waals surface area contributed by atoms with E-state index in [0.717, 1.165) is 16.8 Å². The van der Waals surface area contributed by atoms with Crippen LogP contribution in [-0.4, -0.2) is 27.4 Å². The number of halogens is 2. The first-order valence-corrected chi connectivity index (χ1v) is 12.6. The molecule has 9 heteroatoms. The van der Waals surface area contributed by atoms with E-state index in [9.17, 15) is 9.18 Å². The van der Waals surface area contributed by atoms with Crippen molar-refractivity contribution in [2.45, 2.75) is 25.4 Å². The number of thiocarbonyl (C=S) groups is 1. The van der Waals surface area contributed by atoms with Gasteiger partial charge in [0.15, 0.2) is 5.11 Å². The summed E-state index contributed by atoms with van der Waals surface area (Å²) in [6.07, 6.45) is 1.91. The second-order valence-electron chi connectivity index (χ2n) is 8.74. The van der Waals surface area contributed by atoms with Gasteiger partial charge in [0.2, 0.25) is 5.91 Å². The van der Waals surface area contributed by atoms with Crippen LogP contribution in [0.3, 0.4) is 0 Å². The maximum atomic E-state index is 13.2. The summed E-state index contributed by atoms with van der Waals surface area (Å²) in [5, 5.41) is 7.33. The molecule has 0 spiro atoms. The van der Waals surface area contributed by atoms with E-state index in [2.05, 4.69) is 15.6 Å². The highest BCUT2D eigenvalue weighted by molar-refractivity contribution is 7.80. The van der Waals surface area contributed by atoms with Crippen molar-refractivity contribution in [3.63, 3.8) is 0 Å². The number of carbonyl (C=O) groups is 1. The molecule has 6 nitrogen and oxygen atoms in total. The Morgan fingerprint density at radius 3 is 2.70 bits per heavy atom. The van der Waals surface area contributed by atoms with E-state index in [1.54, 1.807) is 6.20 Å². The van der Waals surface area contributed by atoms with E-state index in [-0.39, 0.29) is 30.2 Å². The summed E-state index contributed by atoms with van der Waals surface area (Å²) in [5.74, 6) is 0.822. The quantitative estimate of drug-likeness (QED) is 0.266. The van der Waals surface area contributed by atoms with Crippen molar-refractivity contribution in [3.05, 3.63) is 107 Å². The molecule has 2 N–H and O–H groups in total. The summed E-state index contributed by atoms with van der Waals surface area (Å²) in [5.41, 5.74) is 3.18. The van der Waals surface area contributed by atoms with Gasteiger partial charge in [0.1, 0.15) is 23.4 Å². The van der Waals surface area contributed by atoms with Crippen molar-refractivity contribution in [3.8, 4) is 11.3 Å². The highest BCUT2D eigenvalue weighted by Gasteiger charge is 2.41. The Labute approximate surface area is 224 Å². The van der Waals surface area contributed by atoms with Gasteiger partial charge in [0.25, 0.3) is 0 Å². The van der Waals surface area contributed by atoms with Gasteiger partial charge < -0.3 is 20.0 Å². The predicted molar refractivity (Wildman–Crippen MR) is 146 cm³/mol. The standard InChI is InChI=1S/C28H24ClFN4O2S/c1-17-20(5-4-6-21(17)29)23-12-13-24(36-23)27-26(22-7-2-3-15-31-22)33-28(37)34(27)16-14-25(35)32-19-10-8-18(30)9-11-19/h2-13,15,26-27H,14,16H2,1H3,(H,32,35)(H,33,37)/t26-,27-/m1/s1. The fraction of sp³-hybridized carbons (Fsp3) is 0.179. The molecule has 1 amide bonds. The largest absolute Gasteiger partial charge is 0.459 e. The summed E-state index contributed by atoms with van der Waals surface area (Å²) in [6.45, 7) is 2.30. The number of amides is 1. The van der Waals surface area contributed by atoms with Crippen LogP contribution in [0, 0.1) is 12.7 Å². The van der Waals surface area contributed by atoms with Crippen LogP contribution in [0.2, 0.25) is 5.02 Å². The fourth-order valence-corrected chi connectivity index (χ4v) is 4.97. The van der Waals surface area contributed by atoms with Gasteiger partial charge >= 0.3 is 0 Å². The number of furan rings is 1. The van der Waals surface area contributed by atoms with Crippen molar-refractivity contribution < 1.29 is 13.6 Å². The second-order valence-corrected chi connectivity index (χ2v) is 9.53. The molecule has 3 heterocycles. The van der Waals surface area contributed by atoms with Gasteiger partial charge in [-0.2, -0.15) is 0 Å². The average Bonchev–Trinajstić information content (AvgIpc) is 3.51. The molecule has 1 aliphatic rings. The molecule has 1 aliphatic heterocycles. The maximum absolute atomic E-state index is 13.2. The number of nitrogens with one attached hydrogen (secondary N) is 2. The predicted octanol–water partition coefficient (Wildman–Crippen LogP) is 6.44. The number of anilines is 1. The van der Waals surface area contributed by atoms with Crippen LogP contribution in [-0.2, 0) is 4.79 Å². The van der Waals surface area contributed by atoms with E-state index in [4.69, 9.17) is 28.2 Å². The first-order chi connectivity index (χ1) is 17.9. The Balaban J connectivity index is 1.41. The third-order valence-corrected chi connectivity index (χ3v) is 7.12. The minimum absolute atomic E-state index is 0.172. The third-order valence-electron chi connectivity index (χ3n) is 6.36. The third kappa shape index (κ3) is 5.35. The van der Waals surface area contributed by atoms with E-state index in [0.29, 0.717) is 33.9 Å². The van der Waals surface area contributed by atoms with Gasteiger partial charge in [0, 0.05) is 35.4 Å². The molecular formula is C28H24ClFN4O2S. The van der Waals surface area contributed by atoms with Crippen LogP contribution in [0.15, 0.2) is 83.4 Å². The summed E-state index contributed by atoms with van der Waals surface area (Å²) < 4.78 is 19.6. The first-order valence-electron chi connectivity index (χ1n) is 11.8. The Morgan fingerprint density at radius 1 is 1.14 bits per heavy atom. The highest BCUT2D eigenvalue weighted by atomic mass is 35.5. The number of pyridine rings is 1. The lowest BCUT2D eigenvalue weighted by atomic mass is 10.0. The lowest BCUT2D eigenvalue weighted by Crippen LogP contribution is -2.32. The van der Waals surface area contributed by atoms with Crippen LogP contribution in [0.1, 0.15) is 35.5 Å². The van der Waals surface area contributed by atoms with Crippen molar-refractivity contribution in [1.29, 1.82) is 0 Å². The Hall–Kier alpha value is -3.75. The van der Waals surface area contributed by atoms with Gasteiger partial charge in [-0.1, -0.05) is 29.8 Å². The second kappa shape index (κ2) is 10.7. The van der Waals surface area contributed by atoms with Crippen molar-refractivity contribution >= 4 is 40.5 Å². The molecule has 37 heavy (non-hydrogen) atoms. The number of aromatic nitrogens is 1. The summed E-state index contributed by atoms with van der Waals surface area (Å²) in [4.78, 5) is 19.2. The molecule has 5 rings (SSSR count). The average molecular weight is 535 g/mol. The summed E-state index contributed by atoms with van der Waals surface area (Å²) in [6, 6.07) is 20.3. The van der Waals surface area contributed by atoms with E-state index in [1.165, 1.54) is 24.3 Å². The normalized spacial score (nSPS) is 17.1. The van der Waals surface area contributed by atoms with Crippen molar-refractivity contribution in [1.82, 2.24) is 15.2 Å². The SMILES string of the molecule is Cc1c(Cl)cccc1-c1ccc([C@@H]2[C@@H](c3ccccn3)NC(=S)N2CCC(=O)Nc2ccc(F)cc2)o1. The molecular weight excluding hydrogens is 511 g/mol. The molecule has 1 fully saturated rings. The highest BCUT2D eigenvalue weighted by Crippen LogP contribution is 2.41. The van der Waals surface area contributed by atoms with Crippen molar-refractivity contribution in [2.24, 2.45) is 0 Å². The zero-order valence-electron chi connectivity index (χ0n) is 19.9. The van der Waals surface area contributed by atoms with Gasteiger partial charge in [-0.25, -0.2) is 4.39 Å². The molecule has 0 aliphatic carbocycles. The Bertz CT molecular complexity index is 1430. The molecule has 2 aromatic heterocycles. The number of benzene rings is 2. The number of rotatable bonds is 7. The Kier molecular flexibility index (Phi) is 7.21. The molecule has 2 aromatic carbocycles. The fourth-order valence-electron chi connectivity index (χ4n) is 4.46. The van der Waals surface area contributed by atoms with Crippen LogP contribution >= 0.6 is 23.8 Å². The zero-order valence-corrected chi connectivity index (χ0v) is 21.5. The zero-order chi connectivity index (χ0) is 25.9.